The van der Waals surface area contributed by atoms with E-state index in [2.05, 4.69) is 15.0 Å². The number of hydrogen-bond acceptors (Lipinski definition) is 5. The number of benzene rings is 2. The second-order valence-electron chi connectivity index (χ2n) is 7.89. The molecule has 33 heavy (non-hydrogen) atoms. The largest absolute Gasteiger partial charge is 0.326 e. The fourth-order valence-electron chi connectivity index (χ4n) is 3.17. The number of sulfonamides is 1. The molecule has 2 aromatic carbocycles. The molecule has 4 aromatic rings. The van der Waals surface area contributed by atoms with E-state index in [1.807, 2.05) is 17.5 Å². The number of carbonyl (C=O) groups is 1. The Morgan fingerprint density at radius 2 is 1.79 bits per heavy atom. The molecule has 1 amide bonds. The highest BCUT2D eigenvalue weighted by atomic mass is 32.2. The SMILES string of the molecule is Cc1c(CNS(=O)(=O)c2ccc(NC(=O)C(C)C)cc2)sc2nc(-c3ccc(F)cc3)cn12. The van der Waals surface area contributed by atoms with E-state index in [9.17, 15) is 17.6 Å². The summed E-state index contributed by atoms with van der Waals surface area (Å²) in [5.41, 5.74) is 2.95. The number of aromatic nitrogens is 2. The van der Waals surface area contributed by atoms with Crippen LogP contribution in [0.2, 0.25) is 0 Å². The number of rotatable bonds is 7. The van der Waals surface area contributed by atoms with E-state index < -0.39 is 10.0 Å². The summed E-state index contributed by atoms with van der Waals surface area (Å²) in [6.07, 6.45) is 1.86. The maximum atomic E-state index is 13.2. The maximum absolute atomic E-state index is 13.2. The number of thiazole rings is 1. The van der Waals surface area contributed by atoms with Crippen LogP contribution in [-0.4, -0.2) is 23.7 Å². The number of nitrogens with one attached hydrogen (secondary N) is 2. The second-order valence-corrected chi connectivity index (χ2v) is 10.7. The average molecular weight is 487 g/mol. The quantitative estimate of drug-likeness (QED) is 0.400. The molecule has 0 saturated heterocycles. The van der Waals surface area contributed by atoms with Crippen molar-refractivity contribution in [2.24, 2.45) is 5.92 Å². The molecular weight excluding hydrogens is 463 g/mol. The standard InChI is InChI=1S/C23H23FN4O3S2/c1-14(2)22(29)26-18-8-10-19(11-9-18)33(30,31)25-12-21-15(3)28-13-20(27-23(28)32-21)16-4-6-17(24)7-5-16/h4-11,13-14,25H,12H2,1-3H3,(H,26,29). The van der Waals surface area contributed by atoms with Crippen molar-refractivity contribution in [3.05, 3.63) is 71.1 Å². The summed E-state index contributed by atoms with van der Waals surface area (Å²) in [6.45, 7) is 5.59. The van der Waals surface area contributed by atoms with E-state index in [1.54, 1.807) is 38.1 Å². The van der Waals surface area contributed by atoms with Gasteiger partial charge in [0, 0.05) is 40.5 Å². The molecular formula is C23H23FN4O3S2. The lowest BCUT2D eigenvalue weighted by Gasteiger charge is -2.09. The third-order valence-corrected chi connectivity index (χ3v) is 7.75. The predicted octanol–water partition coefficient (Wildman–Crippen LogP) is 4.58. The van der Waals surface area contributed by atoms with Gasteiger partial charge in [0.15, 0.2) is 4.96 Å². The Kier molecular flexibility index (Phi) is 6.33. The van der Waals surface area contributed by atoms with Crippen molar-refractivity contribution in [1.82, 2.24) is 14.1 Å². The number of nitrogens with zero attached hydrogens (tertiary/aromatic N) is 2. The van der Waals surface area contributed by atoms with Gasteiger partial charge >= 0.3 is 0 Å². The van der Waals surface area contributed by atoms with E-state index in [0.717, 1.165) is 26.8 Å². The van der Waals surface area contributed by atoms with Gasteiger partial charge in [0.25, 0.3) is 0 Å². The molecule has 0 atom stereocenters. The first kappa shape index (κ1) is 23.1. The number of carbonyl (C=O) groups excluding carboxylic acids is 1. The summed E-state index contributed by atoms with van der Waals surface area (Å²) >= 11 is 1.39. The second kappa shape index (κ2) is 9.05. The lowest BCUT2D eigenvalue weighted by molar-refractivity contribution is -0.118. The van der Waals surface area contributed by atoms with Crippen LogP contribution in [0.1, 0.15) is 24.4 Å². The Morgan fingerprint density at radius 3 is 2.39 bits per heavy atom. The summed E-state index contributed by atoms with van der Waals surface area (Å²) in [6, 6.07) is 12.2. The number of imidazole rings is 1. The molecule has 0 fully saturated rings. The smallest absolute Gasteiger partial charge is 0.240 e. The molecule has 7 nitrogen and oxygen atoms in total. The van der Waals surface area contributed by atoms with Crippen molar-refractivity contribution >= 4 is 37.9 Å². The van der Waals surface area contributed by atoms with Gasteiger partial charge in [0.05, 0.1) is 10.6 Å². The molecule has 0 unspecified atom stereocenters. The fraction of sp³-hybridized carbons (Fsp3) is 0.217. The van der Waals surface area contributed by atoms with E-state index in [-0.39, 0.29) is 29.1 Å². The molecule has 2 N–H and O–H groups in total. The average Bonchev–Trinajstić information content (AvgIpc) is 3.32. The van der Waals surface area contributed by atoms with Crippen molar-refractivity contribution in [2.75, 3.05) is 5.32 Å². The third kappa shape index (κ3) is 4.97. The summed E-state index contributed by atoms with van der Waals surface area (Å²) in [7, 11) is -3.73. The minimum atomic E-state index is -3.73. The molecule has 0 aliphatic heterocycles. The predicted molar refractivity (Wildman–Crippen MR) is 127 cm³/mol. The minimum absolute atomic E-state index is 0.114. The lowest BCUT2D eigenvalue weighted by Crippen LogP contribution is -2.23. The molecule has 2 heterocycles. The van der Waals surface area contributed by atoms with Gasteiger partial charge in [-0.25, -0.2) is 22.5 Å². The van der Waals surface area contributed by atoms with Crippen LogP contribution in [0.15, 0.2) is 59.6 Å². The van der Waals surface area contributed by atoms with Gasteiger partial charge in [0.1, 0.15) is 5.82 Å². The first-order chi connectivity index (χ1) is 15.6. The Hall–Kier alpha value is -3.08. The number of fused-ring (bicyclic) bond motifs is 1. The highest BCUT2D eigenvalue weighted by Crippen LogP contribution is 2.27. The van der Waals surface area contributed by atoms with Crippen LogP contribution in [0.25, 0.3) is 16.2 Å². The Balaban J connectivity index is 1.47. The Bertz CT molecular complexity index is 1410. The topological polar surface area (TPSA) is 92.6 Å². The number of anilines is 1. The van der Waals surface area contributed by atoms with Gasteiger partial charge in [-0.1, -0.05) is 25.2 Å². The van der Waals surface area contributed by atoms with Crippen LogP contribution in [0, 0.1) is 18.7 Å². The highest BCUT2D eigenvalue weighted by molar-refractivity contribution is 7.89. The van der Waals surface area contributed by atoms with Gasteiger partial charge in [-0.15, -0.1) is 0 Å². The molecule has 10 heteroatoms. The molecule has 0 bridgehead atoms. The Labute approximate surface area is 195 Å². The molecule has 0 radical (unpaired) electrons. The number of halogens is 1. The van der Waals surface area contributed by atoms with Gasteiger partial charge in [-0.3, -0.25) is 9.20 Å². The summed E-state index contributed by atoms with van der Waals surface area (Å²) in [4.78, 5) is 18.1. The molecule has 0 saturated carbocycles. The zero-order valence-corrected chi connectivity index (χ0v) is 19.9. The first-order valence-corrected chi connectivity index (χ1v) is 12.6. The van der Waals surface area contributed by atoms with Crippen molar-refractivity contribution in [3.63, 3.8) is 0 Å². The first-order valence-electron chi connectivity index (χ1n) is 10.3. The van der Waals surface area contributed by atoms with Gasteiger partial charge in [-0.2, -0.15) is 0 Å². The van der Waals surface area contributed by atoms with Crippen LogP contribution in [-0.2, 0) is 21.4 Å². The van der Waals surface area contributed by atoms with Crippen LogP contribution >= 0.6 is 11.3 Å². The zero-order valence-electron chi connectivity index (χ0n) is 18.3. The van der Waals surface area contributed by atoms with Crippen molar-refractivity contribution in [2.45, 2.75) is 32.2 Å². The zero-order chi connectivity index (χ0) is 23.8. The van der Waals surface area contributed by atoms with Crippen molar-refractivity contribution in [3.8, 4) is 11.3 Å². The van der Waals surface area contributed by atoms with E-state index in [1.165, 1.54) is 35.6 Å². The summed E-state index contributed by atoms with van der Waals surface area (Å²) < 4.78 is 43.2. The maximum Gasteiger partial charge on any atom is 0.240 e. The monoisotopic (exact) mass is 486 g/mol. The number of amides is 1. The van der Waals surface area contributed by atoms with E-state index in [0.29, 0.717) is 5.69 Å². The molecule has 0 spiro atoms. The normalized spacial score (nSPS) is 11.9. The van der Waals surface area contributed by atoms with Crippen LogP contribution in [0.3, 0.4) is 0 Å². The summed E-state index contributed by atoms with van der Waals surface area (Å²) in [5.74, 6) is -0.609. The van der Waals surface area contributed by atoms with Gasteiger partial charge < -0.3 is 5.32 Å². The molecule has 4 rings (SSSR count). The lowest BCUT2D eigenvalue weighted by atomic mass is 10.2. The van der Waals surface area contributed by atoms with Gasteiger partial charge in [-0.05, 0) is 55.5 Å². The van der Waals surface area contributed by atoms with Crippen LogP contribution < -0.4 is 10.0 Å². The number of hydrogen-bond donors (Lipinski definition) is 2. The Morgan fingerprint density at radius 1 is 1.12 bits per heavy atom. The molecule has 172 valence electrons. The molecule has 2 aromatic heterocycles. The van der Waals surface area contributed by atoms with Crippen LogP contribution in [0.4, 0.5) is 10.1 Å². The molecule has 0 aliphatic carbocycles. The minimum Gasteiger partial charge on any atom is -0.326 e. The number of aryl methyl sites for hydroxylation is 1. The summed E-state index contributed by atoms with van der Waals surface area (Å²) in [5, 5.41) is 2.74. The van der Waals surface area contributed by atoms with Crippen molar-refractivity contribution < 1.29 is 17.6 Å². The van der Waals surface area contributed by atoms with Crippen molar-refractivity contribution in [1.29, 1.82) is 0 Å². The fourth-order valence-corrected chi connectivity index (χ4v) is 5.30. The highest BCUT2D eigenvalue weighted by Gasteiger charge is 2.18. The van der Waals surface area contributed by atoms with Gasteiger partial charge in [0.2, 0.25) is 15.9 Å². The molecule has 0 aliphatic rings. The van der Waals surface area contributed by atoms with E-state index in [4.69, 9.17) is 0 Å². The third-order valence-electron chi connectivity index (χ3n) is 5.17. The van der Waals surface area contributed by atoms with E-state index >= 15 is 0 Å². The van der Waals surface area contributed by atoms with Crippen LogP contribution in [0.5, 0.6) is 0 Å².